The number of nitrogens with zero attached hydrogens (tertiary/aromatic N) is 2. The lowest BCUT2D eigenvalue weighted by atomic mass is 9.93. The maximum atomic E-state index is 14.0. The molecule has 1 saturated heterocycles. The van der Waals surface area contributed by atoms with Gasteiger partial charge < -0.3 is 23.7 Å². The molecule has 2 unspecified atom stereocenters. The van der Waals surface area contributed by atoms with Gasteiger partial charge in [0.2, 0.25) is 0 Å². The summed E-state index contributed by atoms with van der Waals surface area (Å²) >= 11 is 12.4. The van der Waals surface area contributed by atoms with Crippen molar-refractivity contribution in [2.45, 2.75) is 32.3 Å². The van der Waals surface area contributed by atoms with E-state index in [1.807, 2.05) is 11.5 Å². The van der Waals surface area contributed by atoms with Gasteiger partial charge in [0.1, 0.15) is 6.10 Å². The minimum absolute atomic E-state index is 0.231. The number of methoxy groups -OCH3 is 1. The molecule has 1 aliphatic rings. The molecule has 4 rings (SSSR count). The lowest BCUT2D eigenvalue weighted by Gasteiger charge is -2.24. The Balaban J connectivity index is 2.12. The number of aliphatic hydroxyl groups is 1. The second-order valence-corrected chi connectivity index (χ2v) is 8.66. The van der Waals surface area contributed by atoms with E-state index in [-0.39, 0.29) is 11.0 Å². The lowest BCUT2D eigenvalue weighted by molar-refractivity contribution is 0.156. The topological polar surface area (TPSA) is 86.0 Å². The van der Waals surface area contributed by atoms with Crippen molar-refractivity contribution >= 4 is 23.2 Å². The van der Waals surface area contributed by atoms with Gasteiger partial charge in [0.05, 0.1) is 27.9 Å². The minimum Gasteiger partial charge on any atom is -0.384 e. The van der Waals surface area contributed by atoms with Gasteiger partial charge >= 0.3 is 0 Å². The van der Waals surface area contributed by atoms with Crippen LogP contribution in [0.15, 0.2) is 46.1 Å². The molecule has 33 heavy (non-hydrogen) atoms. The van der Waals surface area contributed by atoms with E-state index >= 15 is 0 Å². The molecule has 0 spiro atoms. The van der Waals surface area contributed by atoms with Crippen LogP contribution in [0.2, 0.25) is 10.0 Å². The van der Waals surface area contributed by atoms with E-state index in [1.54, 1.807) is 44.6 Å². The van der Waals surface area contributed by atoms with Crippen molar-refractivity contribution in [2.75, 3.05) is 13.7 Å². The second-order valence-electron chi connectivity index (χ2n) is 7.84. The van der Waals surface area contributed by atoms with Crippen molar-refractivity contribution in [3.05, 3.63) is 78.4 Å². The maximum Gasteiger partial charge on any atom is 0.250 e. The summed E-state index contributed by atoms with van der Waals surface area (Å²) in [6, 6.07) is 8.33. The Morgan fingerprint density at radius 2 is 1.85 bits per heavy atom. The standard InChI is InChI=1S/C24H24Cl2N2O5/c1-4-28-17(8-10-32-3)19(13-7-9-27(2)18(29)12-13)22(30)20(23-24(31)33-23)21(28)14-5-6-15(25)16(26)11-14/h5-7,9,11-12,23-24,31H,4,8,10H2,1-3H3. The number of aliphatic hydroxyl groups excluding tert-OH is 1. The molecule has 3 aromatic rings. The SMILES string of the molecule is CCn1c(CCOC)c(-c2ccn(C)c(=O)c2)c(=O)c(C2OC2O)c1-c1ccc(Cl)c(Cl)c1. The van der Waals surface area contributed by atoms with Crippen molar-refractivity contribution in [1.29, 1.82) is 0 Å². The summed E-state index contributed by atoms with van der Waals surface area (Å²) in [5, 5.41) is 10.8. The number of hydrogen-bond donors (Lipinski definition) is 1. The van der Waals surface area contributed by atoms with Gasteiger partial charge in [-0.15, -0.1) is 0 Å². The zero-order valence-electron chi connectivity index (χ0n) is 18.5. The molecule has 1 aromatic carbocycles. The minimum atomic E-state index is -1.08. The Labute approximate surface area is 200 Å². The fraction of sp³-hybridized carbons (Fsp3) is 0.333. The lowest BCUT2D eigenvalue weighted by Crippen LogP contribution is -2.25. The first-order valence-electron chi connectivity index (χ1n) is 10.5. The van der Waals surface area contributed by atoms with Crippen LogP contribution in [0.4, 0.5) is 0 Å². The maximum absolute atomic E-state index is 14.0. The van der Waals surface area contributed by atoms with Crippen LogP contribution in [0.25, 0.3) is 22.4 Å². The number of ether oxygens (including phenoxy) is 2. The second kappa shape index (κ2) is 9.44. The molecule has 9 heteroatoms. The molecular formula is C24H24Cl2N2O5. The first-order valence-corrected chi connectivity index (χ1v) is 11.3. The van der Waals surface area contributed by atoms with Crippen LogP contribution >= 0.6 is 23.2 Å². The first-order chi connectivity index (χ1) is 15.8. The molecule has 0 saturated carbocycles. The Hall–Kier alpha value is -2.42. The monoisotopic (exact) mass is 490 g/mol. The fourth-order valence-corrected chi connectivity index (χ4v) is 4.43. The average molecular weight is 491 g/mol. The third kappa shape index (κ3) is 4.39. The molecule has 174 valence electrons. The average Bonchev–Trinajstić information content (AvgIpc) is 3.51. The molecule has 1 aliphatic heterocycles. The van der Waals surface area contributed by atoms with Gasteiger partial charge in [0, 0.05) is 56.2 Å². The summed E-state index contributed by atoms with van der Waals surface area (Å²) < 4.78 is 14.1. The van der Waals surface area contributed by atoms with Gasteiger partial charge in [-0.3, -0.25) is 9.59 Å². The molecule has 7 nitrogen and oxygen atoms in total. The predicted molar refractivity (Wildman–Crippen MR) is 128 cm³/mol. The molecule has 0 aliphatic carbocycles. The molecule has 1 N–H and O–H groups in total. The van der Waals surface area contributed by atoms with Crippen LogP contribution < -0.4 is 11.0 Å². The summed E-state index contributed by atoms with van der Waals surface area (Å²) in [6.07, 6.45) is 0.211. The number of hydrogen-bond acceptors (Lipinski definition) is 5. The Morgan fingerprint density at radius 3 is 2.42 bits per heavy atom. The fourth-order valence-electron chi connectivity index (χ4n) is 4.13. The van der Waals surface area contributed by atoms with Crippen LogP contribution in [0.1, 0.15) is 24.3 Å². The van der Waals surface area contributed by atoms with Gasteiger partial charge in [-0.2, -0.15) is 0 Å². The van der Waals surface area contributed by atoms with Crippen LogP contribution in [0.5, 0.6) is 0 Å². The first kappa shape index (κ1) is 23.7. The van der Waals surface area contributed by atoms with Gasteiger partial charge in [0.25, 0.3) is 5.56 Å². The van der Waals surface area contributed by atoms with Gasteiger partial charge in [-0.05, 0) is 30.7 Å². The highest BCUT2D eigenvalue weighted by Crippen LogP contribution is 2.42. The highest BCUT2D eigenvalue weighted by molar-refractivity contribution is 6.42. The smallest absolute Gasteiger partial charge is 0.250 e. The van der Waals surface area contributed by atoms with Crippen LogP contribution in [0, 0.1) is 0 Å². The Kier molecular flexibility index (Phi) is 6.79. The van der Waals surface area contributed by atoms with Gasteiger partial charge in [-0.1, -0.05) is 29.3 Å². The zero-order chi connectivity index (χ0) is 23.9. The van der Waals surface area contributed by atoms with Crippen LogP contribution in [-0.4, -0.2) is 34.2 Å². The third-order valence-corrected chi connectivity index (χ3v) is 6.55. The number of aromatic nitrogens is 2. The number of benzene rings is 1. The van der Waals surface area contributed by atoms with E-state index in [4.69, 9.17) is 32.7 Å². The number of pyridine rings is 2. The molecule has 2 aromatic heterocycles. The highest BCUT2D eigenvalue weighted by atomic mass is 35.5. The zero-order valence-corrected chi connectivity index (χ0v) is 20.0. The van der Waals surface area contributed by atoms with E-state index in [9.17, 15) is 14.7 Å². The van der Waals surface area contributed by atoms with Crippen LogP contribution in [0.3, 0.4) is 0 Å². The Morgan fingerprint density at radius 1 is 1.12 bits per heavy atom. The van der Waals surface area contributed by atoms with Crippen molar-refractivity contribution < 1.29 is 14.6 Å². The summed E-state index contributed by atoms with van der Waals surface area (Å²) in [5.41, 5.74) is 2.68. The summed E-state index contributed by atoms with van der Waals surface area (Å²) in [7, 11) is 3.24. The quantitative estimate of drug-likeness (QED) is 0.509. The van der Waals surface area contributed by atoms with E-state index in [0.717, 1.165) is 5.69 Å². The molecule has 0 amide bonds. The van der Waals surface area contributed by atoms with E-state index in [0.29, 0.717) is 57.6 Å². The van der Waals surface area contributed by atoms with Crippen molar-refractivity contribution in [2.24, 2.45) is 7.05 Å². The molecular weight excluding hydrogens is 467 g/mol. The van der Waals surface area contributed by atoms with Crippen molar-refractivity contribution in [1.82, 2.24) is 9.13 Å². The number of rotatable bonds is 7. The third-order valence-electron chi connectivity index (χ3n) is 5.81. The summed E-state index contributed by atoms with van der Waals surface area (Å²) in [5.74, 6) is 0. The largest absolute Gasteiger partial charge is 0.384 e. The van der Waals surface area contributed by atoms with Gasteiger partial charge in [-0.25, -0.2) is 0 Å². The predicted octanol–water partition coefficient (Wildman–Crippen LogP) is 3.79. The number of epoxide rings is 1. The molecule has 1 fully saturated rings. The van der Waals surface area contributed by atoms with E-state index in [2.05, 4.69) is 0 Å². The normalized spacial score (nSPS) is 17.4. The summed E-state index contributed by atoms with van der Waals surface area (Å²) in [6.45, 7) is 2.85. The van der Waals surface area contributed by atoms with Crippen LogP contribution in [-0.2, 0) is 29.5 Å². The molecule has 3 heterocycles. The summed E-state index contributed by atoms with van der Waals surface area (Å²) in [4.78, 5) is 26.4. The Bertz CT molecular complexity index is 1330. The number of halogens is 2. The van der Waals surface area contributed by atoms with Crippen molar-refractivity contribution in [3.8, 4) is 22.4 Å². The van der Waals surface area contributed by atoms with Crippen molar-refractivity contribution in [3.63, 3.8) is 0 Å². The number of aryl methyl sites for hydroxylation is 1. The van der Waals surface area contributed by atoms with E-state index < -0.39 is 12.4 Å². The van der Waals surface area contributed by atoms with Gasteiger partial charge in [0.15, 0.2) is 11.7 Å². The molecule has 2 atom stereocenters. The molecule has 0 radical (unpaired) electrons. The van der Waals surface area contributed by atoms with E-state index in [1.165, 1.54) is 10.6 Å². The highest BCUT2D eigenvalue weighted by Gasteiger charge is 2.44. The molecule has 0 bridgehead atoms.